The summed E-state index contributed by atoms with van der Waals surface area (Å²) in [5.74, 6) is -2.79. The highest BCUT2D eigenvalue weighted by atomic mass is 79.9. The number of nitrogens with one attached hydrogen (secondary N) is 4. The molecule has 0 spiro atoms. The average molecular weight is 1990 g/mol. The van der Waals surface area contributed by atoms with E-state index in [1.807, 2.05) is 41.5 Å². The Hall–Kier alpha value is -5.63. The van der Waals surface area contributed by atoms with E-state index < -0.39 is 209 Å². The van der Waals surface area contributed by atoms with Crippen LogP contribution in [0.3, 0.4) is 0 Å². The molecule has 4 fully saturated rings. The summed E-state index contributed by atoms with van der Waals surface area (Å²) in [5, 5.41) is 13.3. The van der Waals surface area contributed by atoms with Crippen LogP contribution < -0.4 is 67.7 Å². The monoisotopic (exact) mass is 1990 g/mol. The van der Waals surface area contributed by atoms with Gasteiger partial charge in [0.15, 0.2) is 23.6 Å². The van der Waals surface area contributed by atoms with Crippen LogP contribution in [0.25, 0.3) is 11.2 Å². The number of nitrogen functional groups attached to an aromatic ring is 3. The summed E-state index contributed by atoms with van der Waals surface area (Å²) in [7, 11) is 3.65. The highest BCUT2D eigenvalue weighted by Crippen LogP contribution is 2.64. The smallest absolute Gasteiger partial charge is 0.394 e. The van der Waals surface area contributed by atoms with Crippen molar-refractivity contribution in [3.63, 3.8) is 0 Å². The zero-order valence-electron chi connectivity index (χ0n) is 69.3. The summed E-state index contributed by atoms with van der Waals surface area (Å²) in [5.41, 5.74) is 16.1. The minimum atomic E-state index is -5.29. The van der Waals surface area contributed by atoms with Gasteiger partial charge in [-0.3, -0.25) is 79.6 Å². The molecule has 4 aliphatic rings. The fourth-order valence-corrected chi connectivity index (χ4v) is 20.7. The number of halogens is 1. The first-order valence-electron chi connectivity index (χ1n) is 38.8. The second kappa shape index (κ2) is 44.1. The van der Waals surface area contributed by atoms with Gasteiger partial charge in [-0.25, -0.2) is 37.9 Å². The van der Waals surface area contributed by atoms with Gasteiger partial charge in [0.25, 0.3) is 16.7 Å². The quantitative estimate of drug-likeness (QED) is 0.00857. The minimum Gasteiger partial charge on any atom is -0.394 e. The number of aliphatic hydroxyl groups excluding tert-OH is 1. The lowest BCUT2D eigenvalue weighted by atomic mass is 9.89. The molecule has 13 N–H and O–H groups in total. The topological polar surface area (TPSA) is 623 Å². The molecule has 57 heteroatoms. The van der Waals surface area contributed by atoms with Crippen molar-refractivity contribution in [2.45, 2.75) is 160 Å². The van der Waals surface area contributed by atoms with Crippen molar-refractivity contribution < 1.29 is 112 Å². The molecule has 0 bridgehead atoms. The second-order valence-corrected chi connectivity index (χ2v) is 43.3. The lowest BCUT2D eigenvalue weighted by Crippen LogP contribution is -2.40. The average Bonchev–Trinajstić information content (AvgIpc) is 1.61. The minimum absolute atomic E-state index is 0.00394. The van der Waals surface area contributed by atoms with Gasteiger partial charge in [-0.2, -0.15) is 15.0 Å². The van der Waals surface area contributed by atoms with Crippen LogP contribution in [0.4, 0.5) is 17.6 Å². The maximum atomic E-state index is 15.5. The predicted octanol–water partition coefficient (Wildman–Crippen LogP) is 3.31. The molecular formula is C68H104BrN17O31P4S4. The van der Waals surface area contributed by atoms with Crippen LogP contribution in [0.2, 0.25) is 0 Å². The number of rotatable bonds is 48. The molecule has 48 nitrogen and oxygen atoms in total. The zero-order chi connectivity index (χ0) is 91.4. The van der Waals surface area contributed by atoms with Crippen molar-refractivity contribution in [2.24, 2.45) is 34.3 Å². The molecule has 4 aliphatic heterocycles. The van der Waals surface area contributed by atoms with Gasteiger partial charge in [0.1, 0.15) is 79.2 Å². The fourth-order valence-electron chi connectivity index (χ4n) is 14.1. The number of hydrogen-bond donors (Lipinski definition) is 12. The van der Waals surface area contributed by atoms with E-state index in [0.29, 0.717) is 19.8 Å². The normalized spacial score (nSPS) is 25.8. The first kappa shape index (κ1) is 101. The molecule has 0 saturated carbocycles. The highest BCUT2D eigenvalue weighted by Gasteiger charge is 2.56. The molecule has 10 heterocycles. The van der Waals surface area contributed by atoms with E-state index in [9.17, 15) is 48.0 Å². The zero-order valence-corrected chi connectivity index (χ0v) is 78.0. The Kier molecular flexibility index (Phi) is 35.8. The number of hydrogen-bond acceptors (Lipinski definition) is 40. The number of carbonyl (C=O) groups excluding carboxylic acids is 1. The molecule has 0 aliphatic carbocycles. The van der Waals surface area contributed by atoms with E-state index >= 15 is 9.13 Å². The van der Waals surface area contributed by atoms with E-state index in [-0.39, 0.29) is 108 Å². The SMILES string of the molecule is CC[C@@H](OC)n1cc(CC2C(OP(=O)(S)OOP(=S)(OCCOCCOCCNC(=O)CC(C)(C)COCC(C)(C)CN)OC[C@H]3O[C@@H](n4ccc(N)nc4=O)CC3C(C)C)[C@@H](COP(=O)(S)OC3C(OC)[C@H](n4ccc(N)nc4=O)O[C@@H]3COP(=O)(S)OC3C(OC)[C@H](n4cc(Br)c(=O)[nH]c4=O)O[C@@H]3CO)O[C@H]2n2cnc3c(=O)[nH]c(N)nc32)c(=O)[nH]c1=O. The summed E-state index contributed by atoms with van der Waals surface area (Å²) < 4.78 is 165. The van der Waals surface area contributed by atoms with E-state index in [4.69, 9.17) is 123 Å². The Morgan fingerprint density at radius 3 is 1.84 bits per heavy atom. The summed E-state index contributed by atoms with van der Waals surface area (Å²) in [6.45, 7) is -8.52. The van der Waals surface area contributed by atoms with E-state index in [1.54, 1.807) is 6.92 Å². The van der Waals surface area contributed by atoms with E-state index in [1.165, 1.54) is 54.1 Å². The summed E-state index contributed by atoms with van der Waals surface area (Å²) in [6.07, 6.45) is -14.3. The predicted molar refractivity (Wildman–Crippen MR) is 461 cm³/mol. The lowest BCUT2D eigenvalue weighted by molar-refractivity contribution is -0.136. The maximum Gasteiger partial charge on any atom is 0.413 e. The van der Waals surface area contributed by atoms with Gasteiger partial charge in [-0.05, 0) is 82.9 Å². The van der Waals surface area contributed by atoms with Crippen LogP contribution >= 0.6 is 79.8 Å². The Morgan fingerprint density at radius 1 is 0.664 bits per heavy atom. The third-order valence-corrected chi connectivity index (χ3v) is 27.5. The number of methoxy groups -OCH3 is 3. The Labute approximate surface area is 742 Å². The number of carbonyl (C=O) groups is 1. The second-order valence-electron chi connectivity index (χ2n) is 31.1. The van der Waals surface area contributed by atoms with E-state index in [2.05, 4.69) is 92.9 Å². The number of ether oxygens (including phenoxy) is 10. The first-order valence-corrected chi connectivity index (χ1v) is 50.3. The van der Waals surface area contributed by atoms with Crippen molar-refractivity contribution in [2.75, 3.05) is 124 Å². The molecular weight excluding hydrogens is 1880 g/mol. The molecule has 11 unspecified atom stereocenters. The number of H-pyrrole nitrogens is 3. The number of nitrogens with zero attached hydrogens (tertiary/aromatic N) is 9. The van der Waals surface area contributed by atoms with Gasteiger partial charge in [-0.1, -0.05) is 85.2 Å². The van der Waals surface area contributed by atoms with Crippen LogP contribution in [0.15, 0.2) is 81.3 Å². The number of aromatic amines is 3. The van der Waals surface area contributed by atoms with Crippen molar-refractivity contribution in [1.29, 1.82) is 0 Å². The fraction of sp³-hybridized carbons (Fsp3) is 0.676. The number of aliphatic hydroxyl groups is 1. The Balaban J connectivity index is 0.931. The van der Waals surface area contributed by atoms with Crippen molar-refractivity contribution in [3.8, 4) is 0 Å². The number of amides is 1. The molecule has 0 radical (unpaired) electrons. The van der Waals surface area contributed by atoms with Crippen molar-refractivity contribution in [1.82, 2.24) is 63.0 Å². The first-order chi connectivity index (χ1) is 58.9. The maximum absolute atomic E-state index is 15.5. The lowest BCUT2D eigenvalue weighted by Gasteiger charge is -2.29. The molecule has 20 atom stereocenters. The summed E-state index contributed by atoms with van der Waals surface area (Å²) in [4.78, 5) is 129. The van der Waals surface area contributed by atoms with Crippen LogP contribution in [0.1, 0.15) is 104 Å². The highest BCUT2D eigenvalue weighted by molar-refractivity contribution is 9.10. The van der Waals surface area contributed by atoms with Crippen LogP contribution in [-0.4, -0.2) is 231 Å². The van der Waals surface area contributed by atoms with Crippen LogP contribution in [-0.2, 0) is 125 Å². The van der Waals surface area contributed by atoms with Crippen molar-refractivity contribution in [3.05, 3.63) is 126 Å². The molecule has 10 rings (SSSR count). The summed E-state index contributed by atoms with van der Waals surface area (Å²) in [6, 6.07) is 2.66. The molecule has 6 aromatic rings. The van der Waals surface area contributed by atoms with Gasteiger partial charge < -0.3 is 89.8 Å². The van der Waals surface area contributed by atoms with Crippen LogP contribution in [0.5, 0.6) is 0 Å². The Bertz CT molecular complexity index is 5360. The number of imidazole rings is 1. The molecule has 0 aromatic carbocycles. The Morgan fingerprint density at radius 2 is 1.23 bits per heavy atom. The third kappa shape index (κ3) is 26.6. The molecule has 1 amide bonds. The number of nitrogens with two attached hydrogens (primary N) is 4. The molecule has 698 valence electrons. The summed E-state index contributed by atoms with van der Waals surface area (Å²) >= 11 is 22.1. The van der Waals surface area contributed by atoms with Gasteiger partial charge in [0, 0.05) is 76.0 Å². The van der Waals surface area contributed by atoms with Gasteiger partial charge in [0.2, 0.25) is 11.9 Å². The largest absolute Gasteiger partial charge is 0.413 e. The van der Waals surface area contributed by atoms with Crippen LogP contribution in [0, 0.1) is 28.6 Å². The standard InChI is InChI=1S/C68H104BrN17O31P4S4/c1-11-47(99-8)84-25-36(56(89)80-65(84)94)22-38-50(113-120(98,124)116-117-121(125,108-28-41-37(35(2)3)23-48(109-41)82-15-12-44(71)76-63(82)92)105-21-20-103-19-18-102-17-14-74-46(88)24-67(4,5)32-104-33-68(6,7)31-70)42(111-59(38)86-34-75-49-55(86)78-62(73)79-58(49)91)29-106-119(97,123)115-52-43(112-60(54(52)101-10)83-16-13-45(72)77-64(83)93)30-107-118(96,122)114-51-40(27-87)110-61(53(51)100-9)85-26-39(69)57(90)81-66(85)95/h12-13,15-16,25-26,34-35,37-38,40-43,47-48,50-54,59-61,87H,11,14,17-24,27-33,70H2,1-10H3,(H,74,88)(H,96,122)(H,97,123)(H,98,124)(H2,71,76,92)(H2,72,77,93)(H,80,89,94)(H,81,90,95)(H3,73,78,79,91)/t37?,38?,40-,41-,42-,43-,47-,48-,50?,51?,52?,53?,54?,59-,60-,61-,118?,119?,120?,121?/m1/s1. The number of fused-ring (bicyclic) bond motifs is 1. The molecule has 125 heavy (non-hydrogen) atoms. The number of thiol groups is 3. The van der Waals surface area contributed by atoms with Crippen molar-refractivity contribution >= 4 is 126 Å². The van der Waals surface area contributed by atoms with Gasteiger partial charge in [0.05, 0.1) is 89.6 Å². The third-order valence-electron chi connectivity index (χ3n) is 20.3. The molecule has 6 aromatic heterocycles. The number of aromatic nitrogens is 12. The van der Waals surface area contributed by atoms with E-state index in [0.717, 1.165) is 33.3 Å². The van der Waals surface area contributed by atoms with Gasteiger partial charge >= 0.3 is 49.9 Å². The van der Waals surface area contributed by atoms with Gasteiger partial charge in [-0.15, -0.1) is 9.35 Å². The molecule has 4 saturated heterocycles. The number of anilines is 3.